The number of fused-ring (bicyclic) bond motifs is 1. The normalized spacial score (nSPS) is 15.5. The Bertz CT molecular complexity index is 1330. The van der Waals surface area contributed by atoms with Crippen molar-refractivity contribution in [3.8, 4) is 17.0 Å². The van der Waals surface area contributed by atoms with Crippen LogP contribution < -0.4 is 10.5 Å². The minimum absolute atomic E-state index is 0.119. The average Bonchev–Trinajstić information content (AvgIpc) is 2.91. The summed E-state index contributed by atoms with van der Waals surface area (Å²) < 4.78 is 10.7. The second-order valence-electron chi connectivity index (χ2n) is 8.94. The van der Waals surface area contributed by atoms with Gasteiger partial charge < -0.3 is 25.0 Å². The number of amides is 2. The maximum atomic E-state index is 13.4. The van der Waals surface area contributed by atoms with Crippen LogP contribution >= 0.6 is 11.6 Å². The quantitative estimate of drug-likeness (QED) is 0.351. The third-order valence-electron chi connectivity index (χ3n) is 6.50. The number of rotatable bonds is 7. The minimum Gasteiger partial charge on any atom is -0.496 e. The molecule has 0 bridgehead atoms. The number of carbonyl (C=O) groups excluding carboxylic acids is 2. The maximum Gasteiger partial charge on any atom is 0.410 e. The van der Waals surface area contributed by atoms with Gasteiger partial charge >= 0.3 is 6.09 Å². The lowest BCUT2D eigenvalue weighted by atomic mass is 10.0. The zero-order chi connectivity index (χ0) is 26.5. The minimum atomic E-state index is -0.366. The summed E-state index contributed by atoms with van der Waals surface area (Å²) in [5.41, 5.74) is 9.41. The first kappa shape index (κ1) is 26.4. The van der Waals surface area contributed by atoms with Gasteiger partial charge in [-0.3, -0.25) is 4.79 Å². The van der Waals surface area contributed by atoms with Crippen LogP contribution in [0.1, 0.15) is 29.3 Å². The smallest absolute Gasteiger partial charge is 0.410 e. The summed E-state index contributed by atoms with van der Waals surface area (Å²) in [6, 6.07) is 12.7. The van der Waals surface area contributed by atoms with Crippen LogP contribution in [0.25, 0.3) is 22.2 Å². The van der Waals surface area contributed by atoms with Crippen molar-refractivity contribution in [2.75, 3.05) is 33.4 Å². The highest BCUT2D eigenvalue weighted by Crippen LogP contribution is 2.31. The number of ether oxygens (including phenoxy) is 2. The fraction of sp³-hybridized carbons (Fsp3) is 0.321. The molecule has 1 aliphatic heterocycles. The molecule has 1 fully saturated rings. The number of hydrogen-bond donors (Lipinski definition) is 1. The van der Waals surface area contributed by atoms with Gasteiger partial charge in [-0.05, 0) is 49.7 Å². The summed E-state index contributed by atoms with van der Waals surface area (Å²) in [5.74, 6) is 0.594. The van der Waals surface area contributed by atoms with Gasteiger partial charge in [-0.1, -0.05) is 23.7 Å². The van der Waals surface area contributed by atoms with E-state index in [1.54, 1.807) is 35.1 Å². The van der Waals surface area contributed by atoms with Gasteiger partial charge in [-0.2, -0.15) is 0 Å². The zero-order valence-corrected chi connectivity index (χ0v) is 21.8. The van der Waals surface area contributed by atoms with Crippen LogP contribution in [0.4, 0.5) is 4.79 Å². The molecule has 3 aromatic rings. The molecule has 1 aliphatic rings. The van der Waals surface area contributed by atoms with Crippen molar-refractivity contribution < 1.29 is 19.1 Å². The lowest BCUT2D eigenvalue weighted by molar-refractivity contribution is 0.0416. The van der Waals surface area contributed by atoms with Crippen LogP contribution in [-0.4, -0.2) is 66.2 Å². The molecule has 1 saturated heterocycles. The molecule has 2 heterocycles. The Morgan fingerprint density at radius 1 is 1.22 bits per heavy atom. The molecule has 1 aromatic heterocycles. The van der Waals surface area contributed by atoms with Gasteiger partial charge in [0.1, 0.15) is 5.75 Å². The summed E-state index contributed by atoms with van der Waals surface area (Å²) in [5, 5.41) is 1.30. The average molecular weight is 523 g/mol. The van der Waals surface area contributed by atoms with Gasteiger partial charge in [0.25, 0.3) is 5.91 Å². The Labute approximate surface area is 221 Å². The van der Waals surface area contributed by atoms with Crippen molar-refractivity contribution in [2.45, 2.75) is 25.9 Å². The van der Waals surface area contributed by atoms with E-state index in [-0.39, 0.29) is 18.0 Å². The van der Waals surface area contributed by atoms with Gasteiger partial charge in [0.2, 0.25) is 0 Å². The topological polar surface area (TPSA) is 98.0 Å². The van der Waals surface area contributed by atoms with E-state index in [4.69, 9.17) is 31.8 Å². The zero-order valence-electron chi connectivity index (χ0n) is 21.1. The Hall–Kier alpha value is -3.62. The summed E-state index contributed by atoms with van der Waals surface area (Å²) in [6.07, 6.45) is 1.94. The highest BCUT2D eigenvalue weighted by molar-refractivity contribution is 6.35. The van der Waals surface area contributed by atoms with Crippen molar-refractivity contribution in [3.05, 3.63) is 71.3 Å². The number of benzene rings is 2. The maximum absolute atomic E-state index is 13.4. The molecule has 8 nitrogen and oxygen atoms in total. The van der Waals surface area contributed by atoms with Gasteiger partial charge in [-0.25, -0.2) is 9.78 Å². The lowest BCUT2D eigenvalue weighted by Crippen LogP contribution is -2.55. The van der Waals surface area contributed by atoms with E-state index in [1.807, 2.05) is 37.3 Å². The molecule has 2 aromatic carbocycles. The fourth-order valence-electron chi connectivity index (χ4n) is 4.47. The SMILES string of the molecule is C=CCCOC(=O)N1CCN(C(=O)c2ccc3c(Cl)cc(-c4ccc(OC)c(CN)c4)nc3c2)C[C@H]1C. The van der Waals surface area contributed by atoms with Gasteiger partial charge in [0.05, 0.1) is 29.9 Å². The molecule has 0 unspecified atom stereocenters. The number of carbonyl (C=O) groups is 2. The van der Waals surface area contributed by atoms with Crippen LogP contribution in [0.3, 0.4) is 0 Å². The van der Waals surface area contributed by atoms with Crippen molar-refractivity contribution >= 4 is 34.5 Å². The fourth-order valence-corrected chi connectivity index (χ4v) is 4.74. The van der Waals surface area contributed by atoms with E-state index >= 15 is 0 Å². The van der Waals surface area contributed by atoms with E-state index in [0.29, 0.717) is 66.8 Å². The first-order chi connectivity index (χ1) is 17.9. The summed E-state index contributed by atoms with van der Waals surface area (Å²) >= 11 is 6.60. The Balaban J connectivity index is 1.55. The molecular weight excluding hydrogens is 492 g/mol. The number of aromatic nitrogens is 1. The molecule has 9 heteroatoms. The van der Waals surface area contributed by atoms with E-state index in [1.165, 1.54) is 0 Å². The standard InChI is InChI=1S/C28H31ClN4O4/c1-4-5-12-37-28(35)33-11-10-32(17-18(33)2)27(34)20-6-8-22-23(29)15-24(31-25(22)14-20)19-7-9-26(36-3)21(13-19)16-30/h4,6-9,13-15,18H,1,5,10-12,16-17,30H2,2-3H3/t18-/m1/s1. The van der Waals surface area contributed by atoms with Crippen LogP contribution in [0.5, 0.6) is 5.75 Å². The Morgan fingerprint density at radius 3 is 2.73 bits per heavy atom. The highest BCUT2D eigenvalue weighted by atomic mass is 35.5. The Morgan fingerprint density at radius 2 is 2.03 bits per heavy atom. The van der Waals surface area contributed by atoms with Gasteiger partial charge in [-0.15, -0.1) is 6.58 Å². The van der Waals surface area contributed by atoms with Crippen molar-refractivity contribution in [3.63, 3.8) is 0 Å². The van der Waals surface area contributed by atoms with E-state index in [9.17, 15) is 9.59 Å². The van der Waals surface area contributed by atoms with Crippen LogP contribution in [0.2, 0.25) is 5.02 Å². The summed E-state index contributed by atoms with van der Waals surface area (Å²) in [6.45, 7) is 7.40. The second kappa shape index (κ2) is 11.6. The molecule has 37 heavy (non-hydrogen) atoms. The predicted molar refractivity (Wildman–Crippen MR) is 145 cm³/mol. The monoisotopic (exact) mass is 522 g/mol. The van der Waals surface area contributed by atoms with Crippen molar-refractivity contribution in [1.29, 1.82) is 0 Å². The third kappa shape index (κ3) is 5.70. The number of nitrogens with two attached hydrogens (primary N) is 1. The highest BCUT2D eigenvalue weighted by Gasteiger charge is 2.31. The van der Waals surface area contributed by atoms with Crippen molar-refractivity contribution in [2.24, 2.45) is 5.73 Å². The molecule has 0 aliphatic carbocycles. The lowest BCUT2D eigenvalue weighted by Gasteiger charge is -2.39. The van der Waals surface area contributed by atoms with Gasteiger partial charge in [0.15, 0.2) is 0 Å². The summed E-state index contributed by atoms with van der Waals surface area (Å²) in [7, 11) is 1.61. The molecule has 0 spiro atoms. The number of piperazine rings is 1. The molecule has 1 atom stereocenters. The third-order valence-corrected chi connectivity index (χ3v) is 6.81. The van der Waals surface area contributed by atoms with E-state index in [2.05, 4.69) is 6.58 Å². The first-order valence-corrected chi connectivity index (χ1v) is 12.5. The molecule has 0 saturated carbocycles. The van der Waals surface area contributed by atoms with E-state index < -0.39 is 0 Å². The van der Waals surface area contributed by atoms with Crippen molar-refractivity contribution in [1.82, 2.24) is 14.8 Å². The largest absolute Gasteiger partial charge is 0.496 e. The number of methoxy groups -OCH3 is 1. The predicted octanol–water partition coefficient (Wildman–Crippen LogP) is 4.88. The van der Waals surface area contributed by atoms with Crippen LogP contribution in [-0.2, 0) is 11.3 Å². The number of hydrogen-bond acceptors (Lipinski definition) is 6. The molecule has 194 valence electrons. The number of pyridine rings is 1. The van der Waals surface area contributed by atoms with Crippen LogP contribution in [0.15, 0.2) is 55.1 Å². The summed E-state index contributed by atoms with van der Waals surface area (Å²) in [4.78, 5) is 33.9. The molecule has 2 amide bonds. The van der Waals surface area contributed by atoms with Gasteiger partial charge in [0, 0.05) is 54.3 Å². The van der Waals surface area contributed by atoms with Crippen LogP contribution in [0, 0.1) is 0 Å². The first-order valence-electron chi connectivity index (χ1n) is 12.2. The number of nitrogens with zero attached hydrogens (tertiary/aromatic N) is 3. The number of halogens is 1. The molecular formula is C28H31ClN4O4. The Kier molecular flexibility index (Phi) is 8.31. The second-order valence-corrected chi connectivity index (χ2v) is 9.34. The van der Waals surface area contributed by atoms with E-state index in [0.717, 1.165) is 16.5 Å². The molecule has 0 radical (unpaired) electrons. The molecule has 4 rings (SSSR count). The molecule has 2 N–H and O–H groups in total.